The maximum atomic E-state index is 13.9. The van der Waals surface area contributed by atoms with Gasteiger partial charge in [0.1, 0.15) is 0 Å². The van der Waals surface area contributed by atoms with E-state index in [0.29, 0.717) is 33.2 Å². The average molecular weight is 647 g/mol. The van der Waals surface area contributed by atoms with Crippen LogP contribution in [0.2, 0.25) is 10.0 Å². The molecule has 1 unspecified atom stereocenters. The van der Waals surface area contributed by atoms with Crippen molar-refractivity contribution >= 4 is 41.0 Å². The maximum absolute atomic E-state index is 13.9. The van der Waals surface area contributed by atoms with Gasteiger partial charge in [0.15, 0.2) is 11.0 Å². The molecule has 1 atom stereocenters. The van der Waals surface area contributed by atoms with Gasteiger partial charge in [0.25, 0.3) is 0 Å². The van der Waals surface area contributed by atoms with Crippen molar-refractivity contribution in [1.82, 2.24) is 25.4 Å². The van der Waals surface area contributed by atoms with Crippen LogP contribution in [0, 0.1) is 24.7 Å². The SMILES string of the molecule is Cc1cccc(CSc2nnc(C(Cc3ccccc3)NC(=O)NC34CC5CC(CC(C5)C3)C4)n2-c2ccc(Cl)cc2Cl)c1. The first-order chi connectivity index (χ1) is 21.3. The summed E-state index contributed by atoms with van der Waals surface area (Å²) in [6.07, 6.45) is 7.80. The zero-order chi connectivity index (χ0) is 30.3. The molecule has 4 saturated carbocycles. The van der Waals surface area contributed by atoms with E-state index in [9.17, 15) is 4.79 Å². The first-order valence-corrected chi connectivity index (χ1v) is 17.3. The minimum atomic E-state index is -0.445. The van der Waals surface area contributed by atoms with Crippen LogP contribution in [0.5, 0.6) is 0 Å². The Morgan fingerprint density at radius 1 is 0.932 bits per heavy atom. The molecule has 0 radical (unpaired) electrons. The molecule has 1 aromatic heterocycles. The summed E-state index contributed by atoms with van der Waals surface area (Å²) in [6.45, 7) is 2.09. The quantitative estimate of drug-likeness (QED) is 0.179. The van der Waals surface area contributed by atoms with Gasteiger partial charge in [0.2, 0.25) is 0 Å². The van der Waals surface area contributed by atoms with Crippen molar-refractivity contribution in [2.75, 3.05) is 0 Å². The topological polar surface area (TPSA) is 71.8 Å². The van der Waals surface area contributed by atoms with E-state index in [1.54, 1.807) is 17.8 Å². The fourth-order valence-electron chi connectivity index (χ4n) is 8.19. The first kappa shape index (κ1) is 29.7. The number of nitrogens with zero attached hydrogens (tertiary/aromatic N) is 3. The predicted octanol–water partition coefficient (Wildman–Crippen LogP) is 8.73. The molecule has 3 aromatic carbocycles. The molecular formula is C35H37Cl2N5OS. The van der Waals surface area contributed by atoms with Crippen molar-refractivity contribution in [2.45, 2.75) is 74.4 Å². The summed E-state index contributed by atoms with van der Waals surface area (Å²) in [5.41, 5.74) is 4.13. The van der Waals surface area contributed by atoms with Gasteiger partial charge in [0, 0.05) is 22.7 Å². The highest BCUT2D eigenvalue weighted by Crippen LogP contribution is 2.55. The lowest BCUT2D eigenvalue weighted by atomic mass is 9.53. The van der Waals surface area contributed by atoms with E-state index in [0.717, 1.165) is 48.3 Å². The van der Waals surface area contributed by atoms with Gasteiger partial charge in [-0.05, 0) is 92.5 Å². The molecule has 4 aliphatic carbocycles. The lowest BCUT2D eigenvalue weighted by molar-refractivity contribution is -0.0136. The second-order valence-electron chi connectivity index (χ2n) is 13.1. The number of nitrogens with one attached hydrogen (secondary N) is 2. The molecule has 228 valence electrons. The molecule has 0 saturated heterocycles. The van der Waals surface area contributed by atoms with Crippen molar-refractivity contribution in [1.29, 1.82) is 0 Å². The number of halogens is 2. The molecule has 1 heterocycles. The third kappa shape index (κ3) is 6.37. The molecule has 4 aromatic rings. The van der Waals surface area contributed by atoms with Crippen molar-refractivity contribution < 1.29 is 4.79 Å². The van der Waals surface area contributed by atoms with Crippen LogP contribution in [0.15, 0.2) is 78.0 Å². The Morgan fingerprint density at radius 2 is 1.64 bits per heavy atom. The number of carbonyl (C=O) groups excluding carboxylic acids is 1. The fraction of sp³-hybridized carbons (Fsp3) is 0.400. The highest BCUT2D eigenvalue weighted by Gasteiger charge is 2.51. The fourth-order valence-corrected chi connectivity index (χ4v) is 9.58. The van der Waals surface area contributed by atoms with Gasteiger partial charge in [-0.1, -0.05) is 95.1 Å². The monoisotopic (exact) mass is 645 g/mol. The largest absolute Gasteiger partial charge is 0.333 e. The van der Waals surface area contributed by atoms with Crippen LogP contribution in [0.1, 0.15) is 67.1 Å². The predicted molar refractivity (Wildman–Crippen MR) is 178 cm³/mol. The zero-order valence-electron chi connectivity index (χ0n) is 24.8. The minimum absolute atomic E-state index is 0.0991. The molecule has 4 bridgehead atoms. The van der Waals surface area contributed by atoms with Gasteiger partial charge in [-0.15, -0.1) is 10.2 Å². The van der Waals surface area contributed by atoms with Crippen molar-refractivity contribution in [2.24, 2.45) is 17.8 Å². The lowest BCUT2D eigenvalue weighted by Gasteiger charge is -2.56. The third-order valence-corrected chi connectivity index (χ3v) is 11.1. The minimum Gasteiger partial charge on any atom is -0.333 e. The highest BCUT2D eigenvalue weighted by atomic mass is 35.5. The third-order valence-electron chi connectivity index (χ3n) is 9.58. The van der Waals surface area contributed by atoms with E-state index in [1.807, 2.05) is 34.9 Å². The number of hydrogen-bond donors (Lipinski definition) is 2. The number of carbonyl (C=O) groups is 1. The second kappa shape index (κ2) is 12.4. The van der Waals surface area contributed by atoms with Crippen LogP contribution in [0.3, 0.4) is 0 Å². The Balaban J connectivity index is 1.22. The Hall–Kier alpha value is -3.00. The Bertz CT molecular complexity index is 1620. The van der Waals surface area contributed by atoms with Crippen LogP contribution in [-0.4, -0.2) is 26.3 Å². The van der Waals surface area contributed by atoms with Crippen molar-refractivity contribution in [3.05, 3.63) is 105 Å². The number of thioether (sulfide) groups is 1. The Morgan fingerprint density at radius 3 is 2.32 bits per heavy atom. The van der Waals surface area contributed by atoms with Crippen LogP contribution >= 0.6 is 35.0 Å². The van der Waals surface area contributed by atoms with E-state index >= 15 is 0 Å². The van der Waals surface area contributed by atoms with Gasteiger partial charge < -0.3 is 10.6 Å². The molecular weight excluding hydrogens is 609 g/mol. The summed E-state index contributed by atoms with van der Waals surface area (Å²) in [4.78, 5) is 13.9. The summed E-state index contributed by atoms with van der Waals surface area (Å²) < 4.78 is 1.98. The molecule has 8 rings (SSSR count). The van der Waals surface area contributed by atoms with E-state index < -0.39 is 6.04 Å². The number of hydrogen-bond acceptors (Lipinski definition) is 4. The summed E-state index contributed by atoms with van der Waals surface area (Å²) in [5.74, 6) is 3.57. The first-order valence-electron chi connectivity index (χ1n) is 15.5. The second-order valence-corrected chi connectivity index (χ2v) is 14.9. The smallest absolute Gasteiger partial charge is 0.315 e. The highest BCUT2D eigenvalue weighted by molar-refractivity contribution is 7.98. The van der Waals surface area contributed by atoms with Gasteiger partial charge in [-0.3, -0.25) is 4.57 Å². The van der Waals surface area contributed by atoms with E-state index in [-0.39, 0.29) is 11.6 Å². The number of rotatable bonds is 9. The van der Waals surface area contributed by atoms with Crippen LogP contribution in [-0.2, 0) is 12.2 Å². The van der Waals surface area contributed by atoms with Crippen LogP contribution in [0.4, 0.5) is 4.79 Å². The van der Waals surface area contributed by atoms with E-state index in [1.165, 1.54) is 30.4 Å². The molecule has 6 nitrogen and oxygen atoms in total. The number of aryl methyl sites for hydroxylation is 1. The Labute approximate surface area is 273 Å². The van der Waals surface area contributed by atoms with E-state index in [4.69, 9.17) is 28.3 Å². The zero-order valence-corrected chi connectivity index (χ0v) is 27.1. The molecule has 44 heavy (non-hydrogen) atoms. The van der Waals surface area contributed by atoms with Crippen molar-refractivity contribution in [3.8, 4) is 5.69 Å². The standard InChI is InChI=1S/C35H37Cl2N5OS/c1-22-6-5-9-24(12-22)21-44-34-41-40-32(42(34)31-11-10-28(36)17-29(31)37)30(16-23-7-3-2-4-8-23)38-33(43)39-35-18-25-13-26(19-35)15-27(14-25)20-35/h2-12,17,25-27,30H,13-16,18-21H2,1H3,(H2,38,39,43). The molecule has 2 N–H and O–H groups in total. The van der Waals surface area contributed by atoms with Crippen LogP contribution in [0.25, 0.3) is 5.69 Å². The summed E-state index contributed by atoms with van der Waals surface area (Å²) in [6, 6.07) is 23.5. The van der Waals surface area contributed by atoms with Gasteiger partial charge in [-0.25, -0.2) is 4.79 Å². The van der Waals surface area contributed by atoms with Crippen molar-refractivity contribution in [3.63, 3.8) is 0 Å². The summed E-state index contributed by atoms with van der Waals surface area (Å²) in [5, 5.41) is 18.0. The van der Waals surface area contributed by atoms with Gasteiger partial charge >= 0.3 is 6.03 Å². The molecule has 0 aliphatic heterocycles. The number of amides is 2. The number of aromatic nitrogens is 3. The van der Waals surface area contributed by atoms with Gasteiger partial charge in [0.05, 0.1) is 16.8 Å². The van der Waals surface area contributed by atoms with E-state index in [2.05, 4.69) is 59.1 Å². The summed E-state index contributed by atoms with van der Waals surface area (Å²) >= 11 is 14.7. The lowest BCUT2D eigenvalue weighted by Crippen LogP contribution is -2.61. The number of benzene rings is 3. The average Bonchev–Trinajstić information content (AvgIpc) is 3.39. The maximum Gasteiger partial charge on any atom is 0.315 e. The van der Waals surface area contributed by atoms with Gasteiger partial charge in [-0.2, -0.15) is 0 Å². The molecule has 9 heteroatoms. The number of urea groups is 1. The normalized spacial score (nSPS) is 24.3. The summed E-state index contributed by atoms with van der Waals surface area (Å²) in [7, 11) is 0. The molecule has 4 fully saturated rings. The molecule has 2 amide bonds. The van der Waals surface area contributed by atoms with Crippen LogP contribution < -0.4 is 10.6 Å². The molecule has 0 spiro atoms. The molecule has 4 aliphatic rings. The Kier molecular flexibility index (Phi) is 8.38.